The van der Waals surface area contributed by atoms with Crippen LogP contribution in [0, 0.1) is 0 Å². The molecule has 0 saturated heterocycles. The lowest BCUT2D eigenvalue weighted by Crippen LogP contribution is -2.37. The topological polar surface area (TPSA) is 129 Å². The van der Waals surface area contributed by atoms with Gasteiger partial charge in [-0.3, -0.25) is 10.3 Å². The summed E-state index contributed by atoms with van der Waals surface area (Å²) < 4.78 is 27.7. The Hall–Kier alpha value is -5.19. The third kappa shape index (κ3) is 5.46. The Morgan fingerprint density at radius 3 is 2.16 bits per heavy atom. The fourth-order valence-corrected chi connectivity index (χ4v) is 3.82. The number of carbonyl (C=O) groups is 2. The molecule has 4 amide bonds. The van der Waals surface area contributed by atoms with Gasteiger partial charge in [0.1, 0.15) is 24.7 Å². The lowest BCUT2D eigenvalue weighted by molar-refractivity contribution is 0.171. The van der Waals surface area contributed by atoms with E-state index >= 15 is 0 Å². The molecule has 3 aromatic carbocycles. The number of amides is 4. The van der Waals surface area contributed by atoms with E-state index in [0.29, 0.717) is 64.6 Å². The summed E-state index contributed by atoms with van der Waals surface area (Å²) in [5, 5.41) is 8.16. The van der Waals surface area contributed by atoms with Crippen LogP contribution in [0.3, 0.4) is 0 Å². The van der Waals surface area contributed by atoms with Crippen molar-refractivity contribution in [3.63, 3.8) is 0 Å². The van der Waals surface area contributed by atoms with Gasteiger partial charge >= 0.3 is 12.1 Å². The van der Waals surface area contributed by atoms with E-state index in [9.17, 15) is 9.59 Å². The van der Waals surface area contributed by atoms with Gasteiger partial charge in [0.25, 0.3) is 0 Å². The van der Waals surface area contributed by atoms with E-state index in [1.807, 2.05) is 0 Å². The summed E-state index contributed by atoms with van der Waals surface area (Å²) in [5.74, 6) is 3.36. The number of methoxy groups -OCH3 is 2. The highest BCUT2D eigenvalue weighted by Gasteiger charge is 2.15. The number of carbonyl (C=O) groups excluding carboxylic acids is 2. The number of rotatable bonds is 6. The monoisotopic (exact) mass is 516 g/mol. The molecule has 1 aliphatic rings. The maximum atomic E-state index is 12.3. The molecule has 194 valence electrons. The SMILES string of the molecule is COc1cc2nccc(Oc3ccc(NC(=O)NC(=O)Nc4ccc5c(c4)OCCO5)cc3)c2cc1OC. The largest absolute Gasteiger partial charge is 0.493 e. The van der Waals surface area contributed by atoms with Gasteiger partial charge in [0.05, 0.1) is 19.7 Å². The van der Waals surface area contributed by atoms with Crippen LogP contribution in [-0.4, -0.2) is 44.5 Å². The number of nitrogens with zero attached hydrogens (tertiary/aromatic N) is 1. The Balaban J connectivity index is 1.19. The Morgan fingerprint density at radius 1 is 0.763 bits per heavy atom. The van der Waals surface area contributed by atoms with Gasteiger partial charge in [-0.25, -0.2) is 9.59 Å². The van der Waals surface area contributed by atoms with E-state index in [0.717, 1.165) is 5.39 Å². The molecule has 2 heterocycles. The summed E-state index contributed by atoms with van der Waals surface area (Å²) in [6.45, 7) is 0.900. The van der Waals surface area contributed by atoms with Crippen molar-refractivity contribution in [1.82, 2.24) is 10.3 Å². The molecule has 0 fully saturated rings. The van der Waals surface area contributed by atoms with Gasteiger partial charge in [0.15, 0.2) is 23.0 Å². The van der Waals surface area contributed by atoms with E-state index in [-0.39, 0.29) is 0 Å². The van der Waals surface area contributed by atoms with Crippen LogP contribution in [0.25, 0.3) is 10.9 Å². The predicted molar refractivity (Wildman–Crippen MR) is 140 cm³/mol. The van der Waals surface area contributed by atoms with Gasteiger partial charge in [0.2, 0.25) is 0 Å². The van der Waals surface area contributed by atoms with Crippen LogP contribution in [-0.2, 0) is 0 Å². The van der Waals surface area contributed by atoms with Gasteiger partial charge in [-0.2, -0.15) is 0 Å². The van der Waals surface area contributed by atoms with Crippen LogP contribution >= 0.6 is 0 Å². The van der Waals surface area contributed by atoms with Gasteiger partial charge in [-0.05, 0) is 48.5 Å². The van der Waals surface area contributed by atoms with Gasteiger partial charge in [-0.15, -0.1) is 0 Å². The average molecular weight is 517 g/mol. The van der Waals surface area contributed by atoms with E-state index in [4.69, 9.17) is 23.7 Å². The van der Waals surface area contributed by atoms with Crippen LogP contribution in [0.2, 0.25) is 0 Å². The zero-order valence-electron chi connectivity index (χ0n) is 20.6. The highest BCUT2D eigenvalue weighted by atomic mass is 16.6. The summed E-state index contributed by atoms with van der Waals surface area (Å²) in [6, 6.07) is 15.6. The van der Waals surface area contributed by atoms with Crippen molar-refractivity contribution in [3.8, 4) is 34.5 Å². The molecule has 11 heteroatoms. The molecule has 0 bridgehead atoms. The lowest BCUT2D eigenvalue weighted by Gasteiger charge is -2.19. The first kappa shape index (κ1) is 24.5. The first-order valence-electron chi connectivity index (χ1n) is 11.6. The minimum Gasteiger partial charge on any atom is -0.493 e. The minimum absolute atomic E-state index is 0.429. The molecule has 11 nitrogen and oxygen atoms in total. The molecule has 0 saturated carbocycles. The molecule has 0 atom stereocenters. The van der Waals surface area contributed by atoms with Crippen molar-refractivity contribution in [2.75, 3.05) is 38.1 Å². The molecule has 1 aliphatic heterocycles. The fourth-order valence-electron chi connectivity index (χ4n) is 3.82. The Bertz CT molecular complexity index is 1490. The number of imide groups is 1. The second-order valence-electron chi connectivity index (χ2n) is 8.05. The number of ether oxygens (including phenoxy) is 5. The van der Waals surface area contributed by atoms with Crippen LogP contribution in [0.5, 0.6) is 34.5 Å². The number of aromatic nitrogens is 1. The number of urea groups is 2. The molecule has 4 aromatic rings. The normalized spacial score (nSPS) is 11.8. The lowest BCUT2D eigenvalue weighted by atomic mass is 10.2. The summed E-state index contributed by atoms with van der Waals surface area (Å²) in [4.78, 5) is 28.9. The van der Waals surface area contributed by atoms with Crippen molar-refractivity contribution in [3.05, 3.63) is 66.9 Å². The number of pyridine rings is 1. The second kappa shape index (κ2) is 10.8. The molecular weight excluding hydrogens is 492 g/mol. The van der Waals surface area contributed by atoms with Gasteiger partial charge in [0, 0.05) is 35.1 Å². The quantitative estimate of drug-likeness (QED) is 0.320. The third-order valence-electron chi connectivity index (χ3n) is 5.57. The second-order valence-corrected chi connectivity index (χ2v) is 8.05. The van der Waals surface area contributed by atoms with E-state index in [2.05, 4.69) is 20.9 Å². The Morgan fingerprint density at radius 2 is 1.42 bits per heavy atom. The number of hydrogen-bond acceptors (Lipinski definition) is 8. The number of benzene rings is 3. The standard InChI is InChI=1S/C27H24N4O7/c1-34-23-14-19-20(15-24(23)35-2)28-10-9-21(19)38-18-6-3-16(4-7-18)29-26(32)31-27(33)30-17-5-8-22-25(13-17)37-12-11-36-22/h3-10,13-15H,11-12H2,1-2H3,(H3,29,30,31,32,33). The summed E-state index contributed by atoms with van der Waals surface area (Å²) >= 11 is 0. The average Bonchev–Trinajstić information content (AvgIpc) is 2.93. The highest BCUT2D eigenvalue weighted by Crippen LogP contribution is 2.37. The van der Waals surface area contributed by atoms with E-state index in [1.165, 1.54) is 0 Å². The van der Waals surface area contributed by atoms with E-state index in [1.54, 1.807) is 81.1 Å². The Labute approximate surface area is 217 Å². The smallest absolute Gasteiger partial charge is 0.327 e. The van der Waals surface area contributed by atoms with Crippen LogP contribution in [0.1, 0.15) is 0 Å². The van der Waals surface area contributed by atoms with Crippen molar-refractivity contribution in [2.45, 2.75) is 0 Å². The fraction of sp³-hybridized carbons (Fsp3) is 0.148. The van der Waals surface area contributed by atoms with Crippen molar-refractivity contribution in [2.24, 2.45) is 0 Å². The molecule has 0 aliphatic carbocycles. The zero-order chi connectivity index (χ0) is 26.5. The maximum Gasteiger partial charge on any atom is 0.327 e. The van der Waals surface area contributed by atoms with Gasteiger partial charge in [-0.1, -0.05) is 0 Å². The van der Waals surface area contributed by atoms with Crippen LogP contribution in [0.4, 0.5) is 21.0 Å². The molecule has 0 radical (unpaired) electrons. The molecule has 38 heavy (non-hydrogen) atoms. The van der Waals surface area contributed by atoms with Crippen molar-refractivity contribution < 1.29 is 33.3 Å². The molecular formula is C27H24N4O7. The van der Waals surface area contributed by atoms with Crippen LogP contribution in [0.15, 0.2) is 66.9 Å². The molecule has 3 N–H and O–H groups in total. The number of fused-ring (bicyclic) bond motifs is 2. The first-order chi connectivity index (χ1) is 18.5. The Kier molecular flexibility index (Phi) is 6.98. The number of anilines is 2. The number of nitrogens with one attached hydrogen (secondary N) is 3. The van der Waals surface area contributed by atoms with Gasteiger partial charge < -0.3 is 34.3 Å². The number of hydrogen-bond donors (Lipinski definition) is 3. The molecule has 5 rings (SSSR count). The van der Waals surface area contributed by atoms with Crippen LogP contribution < -0.4 is 39.6 Å². The molecule has 0 unspecified atom stereocenters. The highest BCUT2D eigenvalue weighted by molar-refractivity contribution is 6.05. The zero-order valence-corrected chi connectivity index (χ0v) is 20.6. The summed E-state index contributed by atoms with van der Waals surface area (Å²) in [5.41, 5.74) is 1.61. The molecule has 1 aromatic heterocycles. The third-order valence-corrected chi connectivity index (χ3v) is 5.57. The molecule has 0 spiro atoms. The summed E-state index contributed by atoms with van der Waals surface area (Å²) in [6.07, 6.45) is 1.64. The van der Waals surface area contributed by atoms with E-state index < -0.39 is 12.1 Å². The predicted octanol–water partition coefficient (Wildman–Crippen LogP) is 5.17. The first-order valence-corrected chi connectivity index (χ1v) is 11.6. The summed E-state index contributed by atoms with van der Waals surface area (Å²) in [7, 11) is 3.12. The maximum absolute atomic E-state index is 12.3. The minimum atomic E-state index is -0.699. The van der Waals surface area contributed by atoms with Crippen molar-refractivity contribution >= 4 is 34.3 Å². The van der Waals surface area contributed by atoms with Crippen molar-refractivity contribution in [1.29, 1.82) is 0 Å².